The number of amides is 1. The Bertz CT molecular complexity index is 1290. The molecule has 2 aromatic heterocycles. The number of esters is 1. The zero-order chi connectivity index (χ0) is 26.3. The van der Waals surface area contributed by atoms with Crippen molar-refractivity contribution in [3.8, 4) is 16.9 Å². The van der Waals surface area contributed by atoms with Gasteiger partial charge in [-0.05, 0) is 64.4 Å². The molecule has 0 fully saturated rings. The maximum Gasteiger partial charge on any atom is 0.411 e. The van der Waals surface area contributed by atoms with Crippen molar-refractivity contribution in [2.45, 2.75) is 47.6 Å². The lowest BCUT2D eigenvalue weighted by molar-refractivity contribution is -0.153. The number of aromatic nitrogens is 2. The summed E-state index contributed by atoms with van der Waals surface area (Å²) in [7, 11) is 0. The Kier molecular flexibility index (Phi) is 8.68. The molecule has 192 valence electrons. The number of fused-ring (bicyclic) bond motifs is 1. The Labute approximate surface area is 210 Å². The standard InChI is InChI=1S/C27H33N3O6/c1-6-30-23-20(13-9-14-28-23)21(22(24(30)31)29-26(33)34-7-2)18-11-8-12-19(17-18)35-15-10-16-36-25(32)27(3,4)5/h8-9,11-14,17H,6-7,10,15-16H2,1-5H3,(H,29,33). The molecule has 3 rings (SSSR count). The Hall–Kier alpha value is -3.88. The van der Waals surface area contributed by atoms with Crippen LogP contribution in [-0.4, -0.2) is 41.4 Å². The van der Waals surface area contributed by atoms with E-state index in [2.05, 4.69) is 10.3 Å². The highest BCUT2D eigenvalue weighted by Crippen LogP contribution is 2.34. The minimum Gasteiger partial charge on any atom is -0.493 e. The number of ether oxygens (including phenoxy) is 3. The van der Waals surface area contributed by atoms with Gasteiger partial charge in [-0.15, -0.1) is 0 Å². The fraction of sp³-hybridized carbons (Fsp3) is 0.407. The van der Waals surface area contributed by atoms with Crippen molar-refractivity contribution in [1.29, 1.82) is 0 Å². The van der Waals surface area contributed by atoms with Gasteiger partial charge in [0.05, 0.1) is 25.2 Å². The maximum atomic E-state index is 13.4. The highest BCUT2D eigenvalue weighted by molar-refractivity contribution is 6.03. The molecule has 0 aliphatic heterocycles. The number of anilines is 1. The van der Waals surface area contributed by atoms with Crippen LogP contribution in [0.25, 0.3) is 22.2 Å². The van der Waals surface area contributed by atoms with E-state index in [-0.39, 0.29) is 30.4 Å². The third-order valence-electron chi connectivity index (χ3n) is 5.37. The topological polar surface area (TPSA) is 109 Å². The van der Waals surface area contributed by atoms with E-state index in [1.54, 1.807) is 52.1 Å². The Balaban J connectivity index is 1.92. The van der Waals surface area contributed by atoms with Crippen LogP contribution in [0.4, 0.5) is 10.5 Å². The van der Waals surface area contributed by atoms with Gasteiger partial charge in [-0.1, -0.05) is 12.1 Å². The van der Waals surface area contributed by atoms with E-state index in [0.29, 0.717) is 47.5 Å². The molecule has 9 nitrogen and oxygen atoms in total. The SMILES string of the molecule is CCOC(=O)Nc1c(-c2cccc(OCCCOC(=O)C(C)(C)C)c2)c2cccnc2n(CC)c1=O. The third kappa shape index (κ3) is 6.21. The first kappa shape index (κ1) is 26.7. The molecule has 1 N–H and O–H groups in total. The van der Waals surface area contributed by atoms with Crippen LogP contribution in [-0.2, 0) is 20.8 Å². The van der Waals surface area contributed by atoms with E-state index in [4.69, 9.17) is 14.2 Å². The summed E-state index contributed by atoms with van der Waals surface area (Å²) < 4.78 is 17.7. The summed E-state index contributed by atoms with van der Waals surface area (Å²) >= 11 is 0. The number of nitrogens with zero attached hydrogens (tertiary/aromatic N) is 2. The number of carbonyl (C=O) groups is 2. The van der Waals surface area contributed by atoms with Gasteiger partial charge in [0.25, 0.3) is 5.56 Å². The molecule has 36 heavy (non-hydrogen) atoms. The normalized spacial score (nSPS) is 11.2. The minimum absolute atomic E-state index is 0.113. The number of carbonyl (C=O) groups excluding carboxylic acids is 2. The van der Waals surface area contributed by atoms with E-state index in [0.717, 1.165) is 0 Å². The van der Waals surface area contributed by atoms with Crippen molar-refractivity contribution in [3.63, 3.8) is 0 Å². The fourth-order valence-corrected chi connectivity index (χ4v) is 3.63. The highest BCUT2D eigenvalue weighted by atomic mass is 16.5. The second-order valence-corrected chi connectivity index (χ2v) is 9.14. The predicted octanol–water partition coefficient (Wildman–Crippen LogP) is 5.01. The number of rotatable bonds is 9. The van der Waals surface area contributed by atoms with Crippen LogP contribution in [0.1, 0.15) is 41.0 Å². The van der Waals surface area contributed by atoms with Crippen LogP contribution in [0, 0.1) is 5.41 Å². The summed E-state index contributed by atoms with van der Waals surface area (Å²) in [5.74, 6) is 0.321. The van der Waals surface area contributed by atoms with E-state index in [1.165, 1.54) is 4.57 Å². The van der Waals surface area contributed by atoms with Crippen LogP contribution >= 0.6 is 0 Å². The van der Waals surface area contributed by atoms with Crippen LogP contribution in [0.3, 0.4) is 0 Å². The number of nitrogens with one attached hydrogen (secondary N) is 1. The molecule has 9 heteroatoms. The maximum absolute atomic E-state index is 13.4. The van der Waals surface area contributed by atoms with Crippen LogP contribution < -0.4 is 15.6 Å². The van der Waals surface area contributed by atoms with Crippen molar-refractivity contribution in [2.75, 3.05) is 25.1 Å². The molecule has 0 saturated carbocycles. The monoisotopic (exact) mass is 495 g/mol. The second-order valence-electron chi connectivity index (χ2n) is 9.14. The molecular weight excluding hydrogens is 462 g/mol. The molecule has 3 aromatic rings. The van der Waals surface area contributed by atoms with Gasteiger partial charge < -0.3 is 14.2 Å². The molecular formula is C27H33N3O6. The number of aryl methyl sites for hydroxylation is 1. The quantitative estimate of drug-likeness (QED) is 0.328. The lowest BCUT2D eigenvalue weighted by Gasteiger charge is -2.18. The molecule has 0 spiro atoms. The molecule has 0 unspecified atom stereocenters. The zero-order valence-corrected chi connectivity index (χ0v) is 21.4. The van der Waals surface area contributed by atoms with Crippen molar-refractivity contribution in [3.05, 3.63) is 52.9 Å². The summed E-state index contributed by atoms with van der Waals surface area (Å²) in [6, 6.07) is 10.9. The first-order valence-corrected chi connectivity index (χ1v) is 12.0. The zero-order valence-electron chi connectivity index (χ0n) is 21.4. The molecule has 0 saturated heterocycles. The van der Waals surface area contributed by atoms with E-state index in [9.17, 15) is 14.4 Å². The number of pyridine rings is 2. The summed E-state index contributed by atoms with van der Waals surface area (Å²) in [4.78, 5) is 42.0. The van der Waals surface area contributed by atoms with Gasteiger partial charge in [-0.25, -0.2) is 9.78 Å². The fourth-order valence-electron chi connectivity index (χ4n) is 3.63. The van der Waals surface area contributed by atoms with Gasteiger partial charge in [-0.2, -0.15) is 0 Å². The van der Waals surface area contributed by atoms with Crippen molar-refractivity contribution < 1.29 is 23.8 Å². The van der Waals surface area contributed by atoms with E-state index in [1.807, 2.05) is 25.1 Å². The minimum atomic E-state index is -0.709. The van der Waals surface area contributed by atoms with Crippen molar-refractivity contribution >= 4 is 28.8 Å². The molecule has 0 aliphatic carbocycles. The highest BCUT2D eigenvalue weighted by Gasteiger charge is 2.23. The summed E-state index contributed by atoms with van der Waals surface area (Å²) in [5.41, 5.74) is 0.915. The Morgan fingerprint density at radius 1 is 1.06 bits per heavy atom. The third-order valence-corrected chi connectivity index (χ3v) is 5.37. The van der Waals surface area contributed by atoms with Gasteiger partial charge in [0.2, 0.25) is 0 Å². The summed E-state index contributed by atoms with van der Waals surface area (Å²) in [5, 5.41) is 3.34. The molecule has 0 aliphatic rings. The molecule has 1 amide bonds. The smallest absolute Gasteiger partial charge is 0.411 e. The lowest BCUT2D eigenvalue weighted by atomic mass is 9.97. The molecule has 0 atom stereocenters. The summed E-state index contributed by atoms with van der Waals surface area (Å²) in [6.45, 7) is 10.1. The van der Waals surface area contributed by atoms with Gasteiger partial charge in [0.15, 0.2) is 0 Å². The van der Waals surface area contributed by atoms with Crippen LogP contribution in [0.15, 0.2) is 47.4 Å². The van der Waals surface area contributed by atoms with Gasteiger partial charge in [0, 0.05) is 30.1 Å². The van der Waals surface area contributed by atoms with Gasteiger partial charge in [-0.3, -0.25) is 19.5 Å². The van der Waals surface area contributed by atoms with Crippen LogP contribution in [0.2, 0.25) is 0 Å². The van der Waals surface area contributed by atoms with E-state index >= 15 is 0 Å². The first-order valence-electron chi connectivity index (χ1n) is 12.0. The van der Waals surface area contributed by atoms with Crippen molar-refractivity contribution in [2.24, 2.45) is 5.41 Å². The first-order chi connectivity index (χ1) is 17.2. The molecule has 1 aromatic carbocycles. The summed E-state index contributed by atoms with van der Waals surface area (Å²) in [6.07, 6.45) is 1.45. The average Bonchev–Trinajstić information content (AvgIpc) is 2.84. The molecule has 0 radical (unpaired) electrons. The van der Waals surface area contributed by atoms with E-state index < -0.39 is 11.5 Å². The Morgan fingerprint density at radius 2 is 1.83 bits per heavy atom. The second kappa shape index (κ2) is 11.7. The van der Waals surface area contributed by atoms with Gasteiger partial charge >= 0.3 is 12.1 Å². The largest absolute Gasteiger partial charge is 0.493 e. The lowest BCUT2D eigenvalue weighted by Crippen LogP contribution is -2.27. The number of benzene rings is 1. The molecule has 2 heterocycles. The average molecular weight is 496 g/mol. The van der Waals surface area contributed by atoms with Crippen molar-refractivity contribution in [1.82, 2.24) is 9.55 Å². The number of hydrogen-bond donors (Lipinski definition) is 1. The molecule has 0 bridgehead atoms. The Morgan fingerprint density at radius 3 is 2.53 bits per heavy atom. The van der Waals surface area contributed by atoms with Crippen LogP contribution in [0.5, 0.6) is 5.75 Å². The number of hydrogen-bond acceptors (Lipinski definition) is 7. The van der Waals surface area contributed by atoms with Gasteiger partial charge in [0.1, 0.15) is 17.1 Å². The predicted molar refractivity (Wildman–Crippen MR) is 138 cm³/mol.